The molecule has 1 unspecified atom stereocenters. The third-order valence-corrected chi connectivity index (χ3v) is 3.54. The van der Waals surface area contributed by atoms with Crippen LogP contribution in [0.3, 0.4) is 0 Å². The highest BCUT2D eigenvalue weighted by atomic mass is 19.1. The Hall–Kier alpha value is -0.890. The summed E-state index contributed by atoms with van der Waals surface area (Å²) in [6, 6.07) is 5.15. The van der Waals surface area contributed by atoms with Crippen LogP contribution in [0.15, 0.2) is 18.2 Å². The minimum absolute atomic E-state index is 0.139. The van der Waals surface area contributed by atoms with E-state index in [1.54, 1.807) is 12.1 Å². The van der Waals surface area contributed by atoms with Crippen LogP contribution in [0.1, 0.15) is 52.2 Å². The monoisotopic (exact) mass is 279 g/mol. The van der Waals surface area contributed by atoms with Crippen molar-refractivity contribution in [1.82, 2.24) is 5.32 Å². The van der Waals surface area contributed by atoms with E-state index in [4.69, 9.17) is 0 Å². The molecule has 1 N–H and O–H groups in total. The molecular weight excluding hydrogens is 249 g/mol. The highest BCUT2D eigenvalue weighted by molar-refractivity contribution is 5.27. The van der Waals surface area contributed by atoms with Crippen molar-refractivity contribution in [1.29, 1.82) is 0 Å². The molecule has 1 aromatic rings. The van der Waals surface area contributed by atoms with Crippen molar-refractivity contribution in [3.05, 3.63) is 35.1 Å². The molecule has 20 heavy (non-hydrogen) atoms. The summed E-state index contributed by atoms with van der Waals surface area (Å²) in [6.45, 7) is 14.1. The maximum absolute atomic E-state index is 13.2. The molecule has 1 rings (SSSR count). The zero-order valence-corrected chi connectivity index (χ0v) is 13.9. The van der Waals surface area contributed by atoms with Gasteiger partial charge in [-0.3, -0.25) is 0 Å². The maximum atomic E-state index is 13.2. The lowest BCUT2D eigenvalue weighted by atomic mass is 9.88. The number of aryl methyl sites for hydroxylation is 1. The first-order valence-corrected chi connectivity index (χ1v) is 7.67. The van der Waals surface area contributed by atoms with Crippen LogP contribution >= 0.6 is 0 Å². The molecule has 1 nitrogen and oxygen atoms in total. The SMILES string of the molecule is Cc1cc(F)ccc1CC(CNC(C)(C)C)CC(C)C. The molecule has 0 spiro atoms. The number of hydrogen-bond donors (Lipinski definition) is 1. The van der Waals surface area contributed by atoms with Crippen LogP contribution in [0.5, 0.6) is 0 Å². The van der Waals surface area contributed by atoms with Crippen LogP contribution in [0.4, 0.5) is 4.39 Å². The van der Waals surface area contributed by atoms with E-state index >= 15 is 0 Å². The third-order valence-electron chi connectivity index (χ3n) is 3.54. The number of nitrogens with one attached hydrogen (secondary N) is 1. The van der Waals surface area contributed by atoms with E-state index in [0.29, 0.717) is 11.8 Å². The van der Waals surface area contributed by atoms with E-state index in [9.17, 15) is 4.39 Å². The predicted octanol–water partition coefficient (Wildman–Crippen LogP) is 4.73. The molecule has 0 saturated carbocycles. The Bertz CT molecular complexity index is 418. The lowest BCUT2D eigenvalue weighted by Gasteiger charge is -2.27. The molecule has 2 heteroatoms. The van der Waals surface area contributed by atoms with Crippen molar-refractivity contribution in [3.63, 3.8) is 0 Å². The molecule has 1 aromatic carbocycles. The zero-order chi connectivity index (χ0) is 15.3. The molecule has 0 bridgehead atoms. The number of hydrogen-bond acceptors (Lipinski definition) is 1. The van der Waals surface area contributed by atoms with Crippen molar-refractivity contribution in [2.75, 3.05) is 6.54 Å². The van der Waals surface area contributed by atoms with Crippen LogP contribution in [0.25, 0.3) is 0 Å². The number of halogens is 1. The van der Waals surface area contributed by atoms with E-state index in [-0.39, 0.29) is 11.4 Å². The van der Waals surface area contributed by atoms with Gasteiger partial charge in [-0.15, -0.1) is 0 Å². The van der Waals surface area contributed by atoms with E-state index in [2.05, 4.69) is 39.9 Å². The fourth-order valence-electron chi connectivity index (χ4n) is 2.56. The summed E-state index contributed by atoms with van der Waals surface area (Å²) < 4.78 is 13.2. The minimum Gasteiger partial charge on any atom is -0.312 e. The first kappa shape index (κ1) is 17.2. The third kappa shape index (κ3) is 6.51. The summed E-state index contributed by atoms with van der Waals surface area (Å²) in [5.74, 6) is 1.14. The summed E-state index contributed by atoms with van der Waals surface area (Å²) in [4.78, 5) is 0. The van der Waals surface area contributed by atoms with Gasteiger partial charge in [-0.1, -0.05) is 19.9 Å². The second-order valence-corrected chi connectivity index (χ2v) is 7.40. The van der Waals surface area contributed by atoms with Crippen LogP contribution in [-0.2, 0) is 6.42 Å². The second-order valence-electron chi connectivity index (χ2n) is 7.40. The van der Waals surface area contributed by atoms with Crippen LogP contribution in [-0.4, -0.2) is 12.1 Å². The second kappa shape index (κ2) is 7.21. The van der Waals surface area contributed by atoms with Gasteiger partial charge in [0.25, 0.3) is 0 Å². The number of benzene rings is 1. The zero-order valence-electron chi connectivity index (χ0n) is 13.9. The molecule has 0 radical (unpaired) electrons. The summed E-state index contributed by atoms with van der Waals surface area (Å²) in [7, 11) is 0. The lowest BCUT2D eigenvalue weighted by molar-refractivity contribution is 0.331. The molecule has 0 saturated heterocycles. The maximum Gasteiger partial charge on any atom is 0.123 e. The van der Waals surface area contributed by atoms with Crippen LogP contribution in [0, 0.1) is 24.6 Å². The summed E-state index contributed by atoms with van der Waals surface area (Å²) in [5.41, 5.74) is 2.48. The standard InChI is InChI=1S/C18H30FN/c1-13(2)9-15(12-20-18(4,5)6)11-16-7-8-17(19)10-14(16)3/h7-8,10,13,15,20H,9,11-12H2,1-6H3. The van der Waals surface area contributed by atoms with Gasteiger partial charge in [0.2, 0.25) is 0 Å². The first-order chi connectivity index (χ1) is 9.17. The van der Waals surface area contributed by atoms with Gasteiger partial charge in [0.05, 0.1) is 0 Å². The van der Waals surface area contributed by atoms with Crippen LogP contribution < -0.4 is 5.32 Å². The van der Waals surface area contributed by atoms with Crippen LogP contribution in [0.2, 0.25) is 0 Å². The Kier molecular flexibility index (Phi) is 6.19. The first-order valence-electron chi connectivity index (χ1n) is 7.67. The Morgan fingerprint density at radius 1 is 1.20 bits per heavy atom. The highest BCUT2D eigenvalue weighted by Crippen LogP contribution is 2.20. The summed E-state index contributed by atoms with van der Waals surface area (Å²) in [6.07, 6.45) is 2.22. The topological polar surface area (TPSA) is 12.0 Å². The van der Waals surface area contributed by atoms with Crippen molar-refractivity contribution >= 4 is 0 Å². The normalized spacial score (nSPS) is 13.8. The van der Waals surface area contributed by atoms with Gasteiger partial charge in [-0.2, -0.15) is 0 Å². The van der Waals surface area contributed by atoms with Crippen molar-refractivity contribution in [3.8, 4) is 0 Å². The molecule has 0 aliphatic heterocycles. The highest BCUT2D eigenvalue weighted by Gasteiger charge is 2.17. The van der Waals surface area contributed by atoms with Gasteiger partial charge < -0.3 is 5.32 Å². The van der Waals surface area contributed by atoms with Crippen molar-refractivity contribution in [2.24, 2.45) is 11.8 Å². The predicted molar refractivity (Wildman–Crippen MR) is 85.5 cm³/mol. The molecule has 0 aromatic heterocycles. The average molecular weight is 279 g/mol. The van der Waals surface area contributed by atoms with Gasteiger partial charge >= 0.3 is 0 Å². The molecule has 0 amide bonds. The molecular formula is C18H30FN. The molecule has 1 atom stereocenters. The van der Waals surface area contributed by atoms with Gasteiger partial charge in [0, 0.05) is 5.54 Å². The Labute approximate surface area is 124 Å². The van der Waals surface area contributed by atoms with E-state index < -0.39 is 0 Å². The Morgan fingerprint density at radius 2 is 1.85 bits per heavy atom. The van der Waals surface area contributed by atoms with Crippen molar-refractivity contribution < 1.29 is 4.39 Å². The molecule has 0 fully saturated rings. The quantitative estimate of drug-likeness (QED) is 0.794. The summed E-state index contributed by atoms with van der Waals surface area (Å²) >= 11 is 0. The van der Waals surface area contributed by atoms with Gasteiger partial charge in [-0.25, -0.2) is 4.39 Å². The Morgan fingerprint density at radius 3 is 2.35 bits per heavy atom. The van der Waals surface area contributed by atoms with Gasteiger partial charge in [-0.05, 0) is 82.2 Å². The number of rotatable bonds is 6. The largest absolute Gasteiger partial charge is 0.312 e. The van der Waals surface area contributed by atoms with E-state index in [0.717, 1.165) is 18.5 Å². The lowest BCUT2D eigenvalue weighted by Crippen LogP contribution is -2.39. The fraction of sp³-hybridized carbons (Fsp3) is 0.667. The summed E-state index contributed by atoms with van der Waals surface area (Å²) in [5, 5.41) is 3.60. The Balaban J connectivity index is 2.73. The molecule has 0 heterocycles. The van der Waals surface area contributed by atoms with E-state index in [1.165, 1.54) is 12.0 Å². The average Bonchev–Trinajstić information content (AvgIpc) is 2.28. The molecule has 114 valence electrons. The van der Waals surface area contributed by atoms with Crippen molar-refractivity contribution in [2.45, 2.75) is 59.9 Å². The fourth-order valence-corrected chi connectivity index (χ4v) is 2.56. The molecule has 0 aliphatic carbocycles. The van der Waals surface area contributed by atoms with E-state index in [1.807, 2.05) is 13.0 Å². The molecule has 0 aliphatic rings. The minimum atomic E-state index is -0.139. The van der Waals surface area contributed by atoms with Gasteiger partial charge in [0.1, 0.15) is 5.82 Å². The smallest absolute Gasteiger partial charge is 0.123 e. The van der Waals surface area contributed by atoms with Gasteiger partial charge in [0.15, 0.2) is 0 Å².